The average Bonchev–Trinajstić information content (AvgIpc) is 2.78. The summed E-state index contributed by atoms with van der Waals surface area (Å²) in [5.74, 6) is 0. The normalized spacial score (nSPS) is 12.9. The van der Waals surface area contributed by atoms with Crippen LogP contribution in [0.25, 0.3) is 22.0 Å². The number of alkyl halides is 3. The van der Waals surface area contributed by atoms with Gasteiger partial charge in [-0.05, 0) is 28.8 Å². The van der Waals surface area contributed by atoms with E-state index in [2.05, 4.69) is 4.98 Å². The lowest BCUT2D eigenvalue weighted by Gasteiger charge is -2.21. The Bertz CT molecular complexity index is 1500. The van der Waals surface area contributed by atoms with Crippen molar-refractivity contribution in [1.82, 2.24) is 4.98 Å². The second-order valence-electron chi connectivity index (χ2n) is 7.36. The number of para-hydroxylation sites is 1. The molecule has 3 aromatic carbocycles. The summed E-state index contributed by atoms with van der Waals surface area (Å²) < 4.78 is 66.3. The van der Waals surface area contributed by atoms with Crippen LogP contribution in [0.15, 0.2) is 79.0 Å². The van der Waals surface area contributed by atoms with E-state index in [9.17, 15) is 26.9 Å². The number of sulfonamides is 1. The Morgan fingerprint density at radius 1 is 0.939 bits per heavy atom. The monoisotopic (exact) mass is 467 g/mol. The lowest BCUT2D eigenvalue weighted by Crippen LogP contribution is -2.24. The summed E-state index contributed by atoms with van der Waals surface area (Å²) in [5.41, 5.74) is -0.0714. The predicted octanol–water partition coefficient (Wildman–Crippen LogP) is 5.17. The van der Waals surface area contributed by atoms with Crippen LogP contribution in [0.1, 0.15) is 27.5 Å². The molecule has 0 aliphatic rings. The van der Waals surface area contributed by atoms with Crippen LogP contribution in [0.4, 0.5) is 13.2 Å². The molecule has 0 aliphatic carbocycles. The van der Waals surface area contributed by atoms with E-state index in [0.717, 1.165) is 23.9 Å². The van der Waals surface area contributed by atoms with Gasteiger partial charge >= 0.3 is 6.18 Å². The molecule has 1 heterocycles. The number of aromatic nitrogens is 1. The summed E-state index contributed by atoms with van der Waals surface area (Å²) in [6.45, 7) is 0. The second-order valence-corrected chi connectivity index (χ2v) is 9.01. The third kappa shape index (κ3) is 4.31. The number of pyridine rings is 1. The molecule has 166 valence electrons. The maximum atomic E-state index is 13.6. The van der Waals surface area contributed by atoms with Gasteiger partial charge in [0.05, 0.1) is 16.6 Å². The van der Waals surface area contributed by atoms with Crippen LogP contribution in [0.5, 0.6) is 0 Å². The Morgan fingerprint density at radius 3 is 2.24 bits per heavy atom. The molecule has 1 aromatic heterocycles. The number of hydrogen-bond acceptors (Lipinski definition) is 4. The first-order valence-corrected chi connectivity index (χ1v) is 11.3. The molecular weight excluding hydrogens is 451 g/mol. The van der Waals surface area contributed by atoms with E-state index in [1.165, 1.54) is 12.1 Å². The van der Waals surface area contributed by atoms with Gasteiger partial charge in [-0.25, -0.2) is 13.6 Å². The van der Waals surface area contributed by atoms with Crippen LogP contribution in [-0.4, -0.2) is 13.4 Å². The Morgan fingerprint density at radius 2 is 1.61 bits per heavy atom. The SMILES string of the molecule is N#Cc1cnc2c(C(F)(F)F)cccc2c1C(c1cccc(-c2ccccc2)c1)S(N)(=O)=O. The number of nitrogens with two attached hydrogens (primary N) is 1. The fraction of sp³-hybridized carbons (Fsp3) is 0.0833. The smallest absolute Gasteiger partial charge is 0.254 e. The molecule has 1 unspecified atom stereocenters. The van der Waals surface area contributed by atoms with E-state index in [1.807, 2.05) is 36.4 Å². The molecule has 0 saturated heterocycles. The fourth-order valence-corrected chi connectivity index (χ4v) is 4.98. The summed E-state index contributed by atoms with van der Waals surface area (Å²) in [5, 5.41) is 13.6. The topological polar surface area (TPSA) is 96.8 Å². The van der Waals surface area contributed by atoms with E-state index in [-0.39, 0.29) is 22.1 Å². The van der Waals surface area contributed by atoms with Crippen LogP contribution >= 0.6 is 0 Å². The molecule has 0 bridgehead atoms. The highest BCUT2D eigenvalue weighted by Crippen LogP contribution is 2.40. The second kappa shape index (κ2) is 8.31. The first-order chi connectivity index (χ1) is 15.6. The lowest BCUT2D eigenvalue weighted by molar-refractivity contribution is -0.136. The lowest BCUT2D eigenvalue weighted by atomic mass is 9.93. The van der Waals surface area contributed by atoms with Crippen LogP contribution < -0.4 is 5.14 Å². The number of fused-ring (bicyclic) bond motifs is 1. The minimum Gasteiger partial charge on any atom is -0.254 e. The van der Waals surface area contributed by atoms with Gasteiger partial charge < -0.3 is 0 Å². The first kappa shape index (κ1) is 22.5. The van der Waals surface area contributed by atoms with Crippen molar-refractivity contribution in [3.63, 3.8) is 0 Å². The summed E-state index contributed by atoms with van der Waals surface area (Å²) in [7, 11) is -4.40. The third-order valence-electron chi connectivity index (χ3n) is 5.25. The van der Waals surface area contributed by atoms with E-state index in [4.69, 9.17) is 5.14 Å². The highest BCUT2D eigenvalue weighted by atomic mass is 32.2. The van der Waals surface area contributed by atoms with Crippen molar-refractivity contribution in [3.05, 3.63) is 101 Å². The van der Waals surface area contributed by atoms with Gasteiger partial charge in [-0.1, -0.05) is 60.7 Å². The standard InChI is InChI=1S/C24H16F3N3O2S/c25-24(26,27)20-11-5-10-19-21(18(13-28)14-30-22(19)20)23(33(29,31)32)17-9-4-8-16(12-17)15-6-2-1-3-7-15/h1-12,14,23H,(H2,29,31,32). The molecule has 0 amide bonds. The van der Waals surface area contributed by atoms with Gasteiger partial charge in [-0.2, -0.15) is 18.4 Å². The van der Waals surface area contributed by atoms with Gasteiger partial charge in [0.2, 0.25) is 10.0 Å². The Balaban J connectivity index is 2.04. The minimum absolute atomic E-state index is 0.104. The maximum absolute atomic E-state index is 13.6. The number of nitrogens with zero attached hydrogens (tertiary/aromatic N) is 2. The highest BCUT2D eigenvalue weighted by molar-refractivity contribution is 7.89. The van der Waals surface area contributed by atoms with Crippen molar-refractivity contribution >= 4 is 20.9 Å². The van der Waals surface area contributed by atoms with Crippen molar-refractivity contribution in [2.45, 2.75) is 11.4 Å². The largest absolute Gasteiger partial charge is 0.418 e. The number of hydrogen-bond donors (Lipinski definition) is 1. The molecule has 0 radical (unpaired) electrons. The summed E-state index contributed by atoms with van der Waals surface area (Å²) >= 11 is 0. The van der Waals surface area contributed by atoms with Gasteiger partial charge in [0.1, 0.15) is 11.3 Å². The van der Waals surface area contributed by atoms with Crippen molar-refractivity contribution < 1.29 is 21.6 Å². The Labute approximate surface area is 188 Å². The van der Waals surface area contributed by atoms with Crippen molar-refractivity contribution in [2.24, 2.45) is 5.14 Å². The van der Waals surface area contributed by atoms with E-state index in [1.54, 1.807) is 18.2 Å². The molecule has 9 heteroatoms. The van der Waals surface area contributed by atoms with E-state index < -0.39 is 32.5 Å². The van der Waals surface area contributed by atoms with Crippen LogP contribution in [0, 0.1) is 11.3 Å². The fourth-order valence-electron chi connectivity index (χ4n) is 3.88. The van der Waals surface area contributed by atoms with E-state index in [0.29, 0.717) is 5.56 Å². The number of benzene rings is 3. The molecule has 0 fully saturated rings. The van der Waals surface area contributed by atoms with Gasteiger partial charge in [0.25, 0.3) is 0 Å². The van der Waals surface area contributed by atoms with E-state index >= 15 is 0 Å². The molecule has 4 rings (SSSR count). The molecule has 33 heavy (non-hydrogen) atoms. The summed E-state index contributed by atoms with van der Waals surface area (Å²) in [4.78, 5) is 3.82. The summed E-state index contributed by atoms with van der Waals surface area (Å²) in [6, 6.07) is 20.8. The molecule has 0 saturated carbocycles. The molecule has 1 atom stereocenters. The summed E-state index contributed by atoms with van der Waals surface area (Å²) in [6.07, 6.45) is -3.77. The maximum Gasteiger partial charge on any atom is 0.418 e. The first-order valence-electron chi connectivity index (χ1n) is 9.67. The zero-order valence-electron chi connectivity index (χ0n) is 16.9. The minimum atomic E-state index is -4.72. The molecule has 4 aromatic rings. The van der Waals surface area contributed by atoms with Crippen molar-refractivity contribution in [3.8, 4) is 17.2 Å². The number of primary sulfonamides is 1. The quantitative estimate of drug-likeness (QED) is 0.448. The van der Waals surface area contributed by atoms with Crippen molar-refractivity contribution in [2.75, 3.05) is 0 Å². The van der Waals surface area contributed by atoms with Crippen LogP contribution in [0.2, 0.25) is 0 Å². The Kier molecular flexibility index (Phi) is 5.66. The zero-order valence-corrected chi connectivity index (χ0v) is 17.7. The molecule has 5 nitrogen and oxygen atoms in total. The molecular formula is C24H16F3N3O2S. The average molecular weight is 467 g/mol. The van der Waals surface area contributed by atoms with Crippen LogP contribution in [-0.2, 0) is 16.2 Å². The number of halogens is 3. The molecule has 2 N–H and O–H groups in total. The van der Waals surface area contributed by atoms with Gasteiger partial charge in [0, 0.05) is 17.1 Å². The third-order valence-corrected chi connectivity index (χ3v) is 6.42. The Hall–Kier alpha value is -3.74. The van der Waals surface area contributed by atoms with Gasteiger partial charge in [0.15, 0.2) is 0 Å². The number of rotatable bonds is 4. The molecule has 0 aliphatic heterocycles. The van der Waals surface area contributed by atoms with Crippen LogP contribution in [0.3, 0.4) is 0 Å². The van der Waals surface area contributed by atoms with Gasteiger partial charge in [-0.3, -0.25) is 4.98 Å². The highest BCUT2D eigenvalue weighted by Gasteiger charge is 2.36. The predicted molar refractivity (Wildman–Crippen MR) is 118 cm³/mol. The zero-order chi connectivity index (χ0) is 23.8. The van der Waals surface area contributed by atoms with Crippen molar-refractivity contribution in [1.29, 1.82) is 5.26 Å². The molecule has 0 spiro atoms. The van der Waals surface area contributed by atoms with Gasteiger partial charge in [-0.15, -0.1) is 0 Å². The number of nitriles is 1.